The van der Waals surface area contributed by atoms with Gasteiger partial charge in [-0.25, -0.2) is 0 Å². The number of benzene rings is 1. The molecule has 0 bridgehead atoms. The topological polar surface area (TPSA) is 40.6 Å². The quantitative estimate of drug-likeness (QED) is 0.750. The minimum Gasteiger partial charge on any atom is -0.339 e. The highest BCUT2D eigenvalue weighted by Crippen LogP contribution is 2.30. The summed E-state index contributed by atoms with van der Waals surface area (Å²) in [5, 5.41) is 0.588. The molecule has 1 aromatic carbocycles. The summed E-state index contributed by atoms with van der Waals surface area (Å²) in [6, 6.07) is 5.31. The number of carbonyl (C=O) groups excluding carboxylic acids is 2. The summed E-state index contributed by atoms with van der Waals surface area (Å²) in [5.74, 6) is -0.133. The van der Waals surface area contributed by atoms with Crippen molar-refractivity contribution in [2.24, 2.45) is 0 Å². The van der Waals surface area contributed by atoms with E-state index in [1.807, 2.05) is 12.1 Å². The zero-order valence-corrected chi connectivity index (χ0v) is 14.0. The van der Waals surface area contributed by atoms with Gasteiger partial charge in [0, 0.05) is 36.1 Å². The van der Waals surface area contributed by atoms with Crippen LogP contribution in [0.1, 0.15) is 18.5 Å². The van der Waals surface area contributed by atoms with Crippen molar-refractivity contribution in [2.75, 3.05) is 19.6 Å². The third kappa shape index (κ3) is 3.66. The zero-order valence-electron chi connectivity index (χ0n) is 11.7. The third-order valence-corrected chi connectivity index (χ3v) is 4.23. The van der Waals surface area contributed by atoms with Crippen molar-refractivity contribution in [1.82, 2.24) is 9.80 Å². The molecule has 1 atom stereocenters. The van der Waals surface area contributed by atoms with Gasteiger partial charge < -0.3 is 9.80 Å². The van der Waals surface area contributed by atoms with E-state index in [0.29, 0.717) is 24.7 Å². The summed E-state index contributed by atoms with van der Waals surface area (Å²) in [5.41, 5.74) is 0.899. The number of hydrogen-bond donors (Lipinski definition) is 0. The lowest BCUT2D eigenvalue weighted by molar-refractivity contribution is -0.139. The van der Waals surface area contributed by atoms with Crippen LogP contribution in [0.25, 0.3) is 0 Å². The number of amides is 2. The van der Waals surface area contributed by atoms with Crippen molar-refractivity contribution >= 4 is 39.3 Å². The molecule has 0 spiro atoms. The molecule has 6 heteroatoms. The van der Waals surface area contributed by atoms with Gasteiger partial charge in [0.1, 0.15) is 0 Å². The first-order valence-corrected chi connectivity index (χ1v) is 7.74. The molecule has 0 N–H and O–H groups in total. The maximum atomic E-state index is 12.1. The van der Waals surface area contributed by atoms with Gasteiger partial charge in [-0.1, -0.05) is 34.1 Å². The van der Waals surface area contributed by atoms with Crippen molar-refractivity contribution < 1.29 is 9.59 Å². The summed E-state index contributed by atoms with van der Waals surface area (Å²) >= 11 is 9.50. The molecular formula is C15H16BrClN2O2. The van der Waals surface area contributed by atoms with Gasteiger partial charge in [0.25, 0.3) is 0 Å². The molecule has 0 radical (unpaired) electrons. The first kappa shape index (κ1) is 16.0. The highest BCUT2D eigenvalue weighted by atomic mass is 79.9. The van der Waals surface area contributed by atoms with Gasteiger partial charge in [0.15, 0.2) is 0 Å². The molecule has 1 aromatic rings. The van der Waals surface area contributed by atoms with Crippen molar-refractivity contribution in [3.63, 3.8) is 0 Å². The van der Waals surface area contributed by atoms with Gasteiger partial charge in [-0.3, -0.25) is 9.59 Å². The minimum absolute atomic E-state index is 0.00629. The van der Waals surface area contributed by atoms with Crippen LogP contribution in [0.5, 0.6) is 0 Å². The van der Waals surface area contributed by atoms with Gasteiger partial charge >= 0.3 is 0 Å². The predicted molar refractivity (Wildman–Crippen MR) is 86.1 cm³/mol. The normalized spacial score (nSPS) is 18.5. The lowest BCUT2D eigenvalue weighted by atomic mass is 10.0. The van der Waals surface area contributed by atoms with Gasteiger partial charge in [-0.05, 0) is 29.8 Å². The van der Waals surface area contributed by atoms with Crippen molar-refractivity contribution in [3.05, 3.63) is 45.9 Å². The van der Waals surface area contributed by atoms with E-state index in [1.165, 1.54) is 13.0 Å². The first-order valence-electron chi connectivity index (χ1n) is 6.57. The number of nitrogens with zero attached hydrogens (tertiary/aromatic N) is 2. The maximum absolute atomic E-state index is 12.1. The maximum Gasteiger partial charge on any atom is 0.246 e. The van der Waals surface area contributed by atoms with Crippen LogP contribution in [0.3, 0.4) is 0 Å². The smallest absolute Gasteiger partial charge is 0.246 e. The average Bonchev–Trinajstić information content (AvgIpc) is 2.44. The average molecular weight is 372 g/mol. The fourth-order valence-electron chi connectivity index (χ4n) is 2.50. The monoisotopic (exact) mass is 370 g/mol. The lowest BCUT2D eigenvalue weighted by Gasteiger charge is -2.41. The van der Waals surface area contributed by atoms with E-state index in [2.05, 4.69) is 22.5 Å². The molecule has 1 aliphatic heterocycles. The van der Waals surface area contributed by atoms with E-state index in [1.54, 1.807) is 15.9 Å². The first-order chi connectivity index (χ1) is 9.92. The second-order valence-electron chi connectivity index (χ2n) is 4.92. The van der Waals surface area contributed by atoms with E-state index in [4.69, 9.17) is 11.6 Å². The molecule has 4 nitrogen and oxygen atoms in total. The van der Waals surface area contributed by atoms with E-state index in [-0.39, 0.29) is 17.9 Å². The van der Waals surface area contributed by atoms with Gasteiger partial charge in [0.2, 0.25) is 11.8 Å². The Bertz CT molecular complexity index is 571. The Labute approximate surface area is 137 Å². The van der Waals surface area contributed by atoms with Crippen LogP contribution in [0.2, 0.25) is 5.02 Å². The molecule has 0 unspecified atom stereocenters. The van der Waals surface area contributed by atoms with Crippen molar-refractivity contribution in [2.45, 2.75) is 13.0 Å². The second kappa shape index (κ2) is 6.62. The fraction of sp³-hybridized carbons (Fsp3) is 0.333. The van der Waals surface area contributed by atoms with E-state index < -0.39 is 0 Å². The second-order valence-corrected chi connectivity index (χ2v) is 6.27. The van der Waals surface area contributed by atoms with Crippen LogP contribution >= 0.6 is 27.5 Å². The van der Waals surface area contributed by atoms with Crippen LogP contribution in [0.4, 0.5) is 0 Å². The Kier molecular flexibility index (Phi) is 5.06. The summed E-state index contributed by atoms with van der Waals surface area (Å²) in [6.07, 6.45) is 1.30. The Morgan fingerprint density at radius 2 is 2.10 bits per heavy atom. The Balaban J connectivity index is 2.38. The molecule has 1 saturated heterocycles. The molecule has 0 aliphatic carbocycles. The van der Waals surface area contributed by atoms with Crippen molar-refractivity contribution in [1.29, 1.82) is 0 Å². The molecule has 2 rings (SSSR count). The SMILES string of the molecule is C=CC(=O)N1CCN(C(C)=O)C[C@H]1c1cc(Cl)cc(Br)c1. The summed E-state index contributed by atoms with van der Waals surface area (Å²) in [6.45, 7) is 6.56. The fourth-order valence-corrected chi connectivity index (χ4v) is 3.39. The lowest BCUT2D eigenvalue weighted by Crippen LogP contribution is -2.51. The van der Waals surface area contributed by atoms with E-state index in [9.17, 15) is 9.59 Å². The number of piperazine rings is 1. The van der Waals surface area contributed by atoms with Gasteiger partial charge in [-0.15, -0.1) is 0 Å². The number of rotatable bonds is 2. The summed E-state index contributed by atoms with van der Waals surface area (Å²) in [7, 11) is 0. The minimum atomic E-state index is -0.219. The zero-order chi connectivity index (χ0) is 15.6. The molecule has 1 aliphatic rings. The van der Waals surface area contributed by atoms with Crippen LogP contribution in [0.15, 0.2) is 35.3 Å². The highest BCUT2D eigenvalue weighted by molar-refractivity contribution is 9.10. The number of carbonyl (C=O) groups is 2. The summed E-state index contributed by atoms with van der Waals surface area (Å²) < 4.78 is 0.843. The Morgan fingerprint density at radius 1 is 1.38 bits per heavy atom. The molecule has 21 heavy (non-hydrogen) atoms. The van der Waals surface area contributed by atoms with Crippen LogP contribution in [0, 0.1) is 0 Å². The Morgan fingerprint density at radius 3 is 2.67 bits per heavy atom. The largest absolute Gasteiger partial charge is 0.339 e. The summed E-state index contributed by atoms with van der Waals surface area (Å²) in [4.78, 5) is 27.1. The van der Waals surface area contributed by atoms with E-state index in [0.717, 1.165) is 10.0 Å². The molecule has 1 heterocycles. The molecule has 0 saturated carbocycles. The van der Waals surface area contributed by atoms with Crippen LogP contribution in [-0.4, -0.2) is 41.2 Å². The van der Waals surface area contributed by atoms with Gasteiger partial charge in [0.05, 0.1) is 6.04 Å². The third-order valence-electron chi connectivity index (χ3n) is 3.55. The van der Waals surface area contributed by atoms with Crippen LogP contribution < -0.4 is 0 Å². The van der Waals surface area contributed by atoms with Crippen LogP contribution in [-0.2, 0) is 9.59 Å². The standard InChI is InChI=1S/C15H16BrClN2O2/c1-3-15(21)19-5-4-18(10(2)20)9-14(19)11-6-12(16)8-13(17)7-11/h3,6-8,14H,1,4-5,9H2,2H3/t14-/m0/s1. The van der Waals surface area contributed by atoms with Crippen molar-refractivity contribution in [3.8, 4) is 0 Å². The number of halogens is 2. The highest BCUT2D eigenvalue weighted by Gasteiger charge is 2.31. The molecular weight excluding hydrogens is 356 g/mol. The van der Waals surface area contributed by atoms with Gasteiger partial charge in [-0.2, -0.15) is 0 Å². The van der Waals surface area contributed by atoms with E-state index >= 15 is 0 Å². The molecule has 1 fully saturated rings. The Hall–Kier alpha value is -1.33. The number of hydrogen-bond acceptors (Lipinski definition) is 2. The predicted octanol–water partition coefficient (Wildman–Crippen LogP) is 3.02. The molecule has 2 amide bonds. The molecule has 112 valence electrons. The molecule has 0 aromatic heterocycles.